The Kier molecular flexibility index (Phi) is 6.24. The SMILES string of the molecule is O=C(NC1CCCC1)c1cc([C@H]2CCCCN2C(=O)c2cccc(Cn3cccn3)c2)[nH]n1. The number of hydrogen-bond donors (Lipinski definition) is 2. The number of hydrogen-bond acceptors (Lipinski definition) is 4. The Labute approximate surface area is 193 Å². The number of nitrogens with one attached hydrogen (secondary N) is 2. The highest BCUT2D eigenvalue weighted by Gasteiger charge is 2.31. The number of amides is 2. The summed E-state index contributed by atoms with van der Waals surface area (Å²) in [6, 6.07) is 11.6. The first-order valence-electron chi connectivity index (χ1n) is 11.9. The van der Waals surface area contributed by atoms with Crippen molar-refractivity contribution in [2.75, 3.05) is 6.54 Å². The predicted octanol–water partition coefficient (Wildman–Crippen LogP) is 3.69. The van der Waals surface area contributed by atoms with Crippen molar-refractivity contribution in [1.82, 2.24) is 30.2 Å². The van der Waals surface area contributed by atoms with Crippen LogP contribution in [0.3, 0.4) is 0 Å². The average Bonchev–Trinajstić information content (AvgIpc) is 3.62. The fourth-order valence-electron chi connectivity index (χ4n) is 5.00. The first kappa shape index (κ1) is 21.4. The van der Waals surface area contributed by atoms with Crippen molar-refractivity contribution in [3.63, 3.8) is 0 Å². The van der Waals surface area contributed by atoms with Crippen LogP contribution in [0, 0.1) is 0 Å². The van der Waals surface area contributed by atoms with E-state index in [1.54, 1.807) is 6.20 Å². The minimum Gasteiger partial charge on any atom is -0.348 e. The van der Waals surface area contributed by atoms with Gasteiger partial charge < -0.3 is 10.2 Å². The van der Waals surface area contributed by atoms with Crippen molar-refractivity contribution in [1.29, 1.82) is 0 Å². The quantitative estimate of drug-likeness (QED) is 0.604. The molecule has 2 fully saturated rings. The third-order valence-electron chi connectivity index (χ3n) is 6.72. The van der Waals surface area contributed by atoms with E-state index in [1.165, 1.54) is 12.8 Å². The number of carbonyl (C=O) groups is 2. The number of aromatic amines is 1. The molecule has 2 aromatic heterocycles. The molecule has 1 aliphatic carbocycles. The minimum atomic E-state index is -0.135. The van der Waals surface area contributed by atoms with Crippen LogP contribution in [0.5, 0.6) is 0 Å². The Balaban J connectivity index is 1.31. The lowest BCUT2D eigenvalue weighted by molar-refractivity contribution is 0.0606. The van der Waals surface area contributed by atoms with Crippen molar-refractivity contribution in [2.45, 2.75) is 63.6 Å². The van der Waals surface area contributed by atoms with E-state index < -0.39 is 0 Å². The summed E-state index contributed by atoms with van der Waals surface area (Å²) in [5, 5.41) is 14.7. The molecule has 0 unspecified atom stereocenters. The summed E-state index contributed by atoms with van der Waals surface area (Å²) in [7, 11) is 0. The van der Waals surface area contributed by atoms with Crippen LogP contribution in [-0.4, -0.2) is 49.3 Å². The van der Waals surface area contributed by atoms with Gasteiger partial charge in [-0.15, -0.1) is 0 Å². The van der Waals surface area contributed by atoms with Crippen molar-refractivity contribution in [2.24, 2.45) is 0 Å². The van der Waals surface area contributed by atoms with E-state index in [-0.39, 0.29) is 23.9 Å². The Morgan fingerprint density at radius 3 is 2.73 bits per heavy atom. The van der Waals surface area contributed by atoms with Gasteiger partial charge in [0.15, 0.2) is 0 Å². The fraction of sp³-hybridized carbons (Fsp3) is 0.440. The highest BCUT2D eigenvalue weighted by Crippen LogP contribution is 2.31. The maximum absolute atomic E-state index is 13.5. The molecule has 1 atom stereocenters. The van der Waals surface area contributed by atoms with E-state index in [2.05, 4.69) is 20.6 Å². The van der Waals surface area contributed by atoms with Gasteiger partial charge in [-0.05, 0) is 61.9 Å². The molecule has 0 spiro atoms. The molecule has 1 aliphatic heterocycles. The number of carbonyl (C=O) groups excluding carboxylic acids is 2. The maximum atomic E-state index is 13.5. The summed E-state index contributed by atoms with van der Waals surface area (Å²) in [6.07, 6.45) is 10.9. The fourth-order valence-corrected chi connectivity index (χ4v) is 5.00. The molecule has 2 N–H and O–H groups in total. The molecule has 3 aromatic rings. The number of H-pyrrole nitrogens is 1. The molecule has 33 heavy (non-hydrogen) atoms. The summed E-state index contributed by atoms with van der Waals surface area (Å²) in [5.41, 5.74) is 2.93. The van der Waals surface area contributed by atoms with Gasteiger partial charge in [0.25, 0.3) is 11.8 Å². The van der Waals surface area contributed by atoms with Gasteiger partial charge in [0, 0.05) is 30.5 Å². The van der Waals surface area contributed by atoms with Crippen LogP contribution in [0.25, 0.3) is 0 Å². The second kappa shape index (κ2) is 9.60. The van der Waals surface area contributed by atoms with E-state index in [0.29, 0.717) is 24.3 Å². The first-order valence-corrected chi connectivity index (χ1v) is 11.9. The predicted molar refractivity (Wildman–Crippen MR) is 124 cm³/mol. The van der Waals surface area contributed by atoms with E-state index >= 15 is 0 Å². The van der Waals surface area contributed by atoms with Crippen LogP contribution >= 0.6 is 0 Å². The van der Waals surface area contributed by atoms with Gasteiger partial charge in [-0.2, -0.15) is 10.2 Å². The van der Waals surface area contributed by atoms with Gasteiger partial charge in [0.2, 0.25) is 0 Å². The Bertz CT molecular complexity index is 1100. The van der Waals surface area contributed by atoms with Crippen LogP contribution in [0.15, 0.2) is 48.8 Å². The van der Waals surface area contributed by atoms with Crippen LogP contribution in [-0.2, 0) is 6.54 Å². The number of likely N-dealkylation sites (tertiary alicyclic amines) is 1. The largest absolute Gasteiger partial charge is 0.348 e. The molecule has 8 heteroatoms. The van der Waals surface area contributed by atoms with Crippen molar-refractivity contribution in [3.05, 3.63) is 71.3 Å². The smallest absolute Gasteiger partial charge is 0.271 e. The summed E-state index contributed by atoms with van der Waals surface area (Å²) in [4.78, 5) is 28.0. The molecule has 2 amide bonds. The number of rotatable bonds is 6. The molecule has 0 bridgehead atoms. The van der Waals surface area contributed by atoms with Crippen LogP contribution in [0.1, 0.15) is 83.1 Å². The summed E-state index contributed by atoms with van der Waals surface area (Å²) in [5.74, 6) is -0.127. The van der Waals surface area contributed by atoms with Gasteiger partial charge in [-0.3, -0.25) is 19.4 Å². The molecule has 1 aromatic carbocycles. The molecular weight excluding hydrogens is 416 g/mol. The summed E-state index contributed by atoms with van der Waals surface area (Å²) in [6.45, 7) is 1.31. The van der Waals surface area contributed by atoms with Crippen molar-refractivity contribution in [3.8, 4) is 0 Å². The molecule has 5 rings (SSSR count). The standard InChI is InChI=1S/C25H30N6O2/c32-24(27-20-9-1-2-10-20)22-16-21(28-29-22)23-11-3-4-14-31(23)25(33)19-8-5-7-18(15-19)17-30-13-6-12-26-30/h5-8,12-13,15-16,20,23H,1-4,9-11,14,17H2,(H,27,32)(H,28,29)/t23-/m1/s1. The number of nitrogens with zero attached hydrogens (tertiary/aromatic N) is 4. The summed E-state index contributed by atoms with van der Waals surface area (Å²) >= 11 is 0. The lowest BCUT2D eigenvalue weighted by Crippen LogP contribution is -2.38. The molecule has 1 saturated carbocycles. The van der Waals surface area contributed by atoms with E-state index in [0.717, 1.165) is 43.4 Å². The third-order valence-corrected chi connectivity index (χ3v) is 6.72. The highest BCUT2D eigenvalue weighted by molar-refractivity contribution is 5.95. The lowest BCUT2D eigenvalue weighted by atomic mass is 9.97. The van der Waals surface area contributed by atoms with E-state index in [1.807, 2.05) is 52.2 Å². The monoisotopic (exact) mass is 446 g/mol. The molecule has 8 nitrogen and oxygen atoms in total. The average molecular weight is 447 g/mol. The Morgan fingerprint density at radius 1 is 1.06 bits per heavy atom. The highest BCUT2D eigenvalue weighted by atomic mass is 16.2. The molecule has 3 heterocycles. The van der Waals surface area contributed by atoms with Gasteiger partial charge in [-0.25, -0.2) is 0 Å². The summed E-state index contributed by atoms with van der Waals surface area (Å²) < 4.78 is 1.84. The maximum Gasteiger partial charge on any atom is 0.271 e. The number of piperidine rings is 1. The first-order chi connectivity index (χ1) is 16.2. The van der Waals surface area contributed by atoms with Crippen molar-refractivity contribution < 1.29 is 9.59 Å². The number of aromatic nitrogens is 4. The Morgan fingerprint density at radius 2 is 1.91 bits per heavy atom. The molecule has 2 aliphatic rings. The zero-order valence-electron chi connectivity index (χ0n) is 18.7. The van der Waals surface area contributed by atoms with Gasteiger partial charge in [0.1, 0.15) is 5.69 Å². The van der Waals surface area contributed by atoms with Gasteiger partial charge in [0.05, 0.1) is 18.3 Å². The van der Waals surface area contributed by atoms with E-state index in [9.17, 15) is 9.59 Å². The zero-order chi connectivity index (χ0) is 22.6. The topological polar surface area (TPSA) is 95.9 Å². The lowest BCUT2D eigenvalue weighted by Gasteiger charge is -2.35. The van der Waals surface area contributed by atoms with Crippen LogP contribution in [0.2, 0.25) is 0 Å². The molecule has 0 radical (unpaired) electrons. The van der Waals surface area contributed by atoms with Crippen LogP contribution < -0.4 is 5.32 Å². The van der Waals surface area contributed by atoms with Crippen LogP contribution in [0.4, 0.5) is 0 Å². The molecule has 1 saturated heterocycles. The van der Waals surface area contributed by atoms with Gasteiger partial charge in [-0.1, -0.05) is 25.0 Å². The van der Waals surface area contributed by atoms with Crippen molar-refractivity contribution >= 4 is 11.8 Å². The van der Waals surface area contributed by atoms with E-state index in [4.69, 9.17) is 0 Å². The number of benzene rings is 1. The van der Waals surface area contributed by atoms with Gasteiger partial charge >= 0.3 is 0 Å². The molecular formula is C25H30N6O2. The Hall–Kier alpha value is -3.42. The second-order valence-electron chi connectivity index (χ2n) is 9.08. The minimum absolute atomic E-state index is 0.00794. The normalized spacial score (nSPS) is 19.0. The molecule has 172 valence electrons. The zero-order valence-corrected chi connectivity index (χ0v) is 18.7. The third kappa shape index (κ3) is 4.84. The second-order valence-corrected chi connectivity index (χ2v) is 9.08.